The summed E-state index contributed by atoms with van der Waals surface area (Å²) in [4.78, 5) is 36.8. The van der Waals surface area contributed by atoms with Crippen LogP contribution in [0.3, 0.4) is 0 Å². The number of nitrogens with two attached hydrogens (primary N) is 2. The number of aromatic nitrogens is 1. The number of halogens is 1. The van der Waals surface area contributed by atoms with Gasteiger partial charge in [0.1, 0.15) is 17.5 Å². The number of nitrogens with zero attached hydrogens (tertiary/aromatic N) is 3. The normalized spacial score (nSPS) is 15.2. The number of benzene rings is 3. The number of aryl methyl sites for hydroxylation is 1. The fourth-order valence-corrected chi connectivity index (χ4v) is 5.63. The highest BCUT2D eigenvalue weighted by Gasteiger charge is 2.25. The van der Waals surface area contributed by atoms with Crippen LogP contribution in [0.25, 0.3) is 0 Å². The van der Waals surface area contributed by atoms with Gasteiger partial charge in [0.15, 0.2) is 0 Å². The van der Waals surface area contributed by atoms with Crippen molar-refractivity contribution in [2.24, 2.45) is 10.7 Å². The van der Waals surface area contributed by atoms with Crippen LogP contribution in [0.5, 0.6) is 0 Å². The number of carbonyl (C=O) groups is 2. The molecule has 9 nitrogen and oxygen atoms in total. The summed E-state index contributed by atoms with van der Waals surface area (Å²) in [6.45, 7) is 7.28. The molecule has 1 unspecified atom stereocenters. The predicted molar refractivity (Wildman–Crippen MR) is 178 cm³/mol. The molecule has 232 valence electrons. The third-order valence-electron chi connectivity index (χ3n) is 7.89. The Morgan fingerprint density at radius 3 is 2.53 bits per heavy atom. The molecule has 3 aromatic carbocycles. The molecule has 1 aliphatic heterocycles. The molecular weight excluding hydrogens is 569 g/mol. The zero-order chi connectivity index (χ0) is 32.1. The van der Waals surface area contributed by atoms with Gasteiger partial charge in [-0.3, -0.25) is 14.6 Å². The Bertz CT molecular complexity index is 1740. The number of anilines is 4. The lowest BCUT2D eigenvalue weighted by Gasteiger charge is -2.31. The molecule has 2 heterocycles. The van der Waals surface area contributed by atoms with Gasteiger partial charge in [0.05, 0.1) is 17.3 Å². The molecule has 45 heavy (non-hydrogen) atoms. The molecular formula is C35H38FN7O2. The summed E-state index contributed by atoms with van der Waals surface area (Å²) in [7, 11) is 0. The molecule has 2 amide bonds. The van der Waals surface area contributed by atoms with E-state index < -0.39 is 5.82 Å². The molecule has 6 N–H and O–H groups in total. The number of pyridine rings is 1. The van der Waals surface area contributed by atoms with Gasteiger partial charge in [-0.05, 0) is 97.5 Å². The highest BCUT2D eigenvalue weighted by Crippen LogP contribution is 2.27. The van der Waals surface area contributed by atoms with E-state index in [1.807, 2.05) is 31.2 Å². The highest BCUT2D eigenvalue weighted by molar-refractivity contribution is 6.07. The fraction of sp³-hybridized carbons (Fsp3) is 0.257. The van der Waals surface area contributed by atoms with Gasteiger partial charge < -0.3 is 27.0 Å². The van der Waals surface area contributed by atoms with Crippen molar-refractivity contribution < 1.29 is 14.0 Å². The second kappa shape index (κ2) is 13.6. The molecule has 4 aromatic rings. The SMILES string of the molecule is Cc1cc(NC(=O)c2cccc(Nc3ccnc(N)c3C(N)=NC3CCCN(C(=O)c4ccc(F)cc4)C3)c2)ccc1C(C)C. The van der Waals surface area contributed by atoms with Gasteiger partial charge in [0.2, 0.25) is 0 Å². The first-order valence-corrected chi connectivity index (χ1v) is 15.0. The maximum absolute atomic E-state index is 13.3. The molecule has 1 aliphatic rings. The van der Waals surface area contributed by atoms with Crippen molar-refractivity contribution in [3.63, 3.8) is 0 Å². The average molecular weight is 608 g/mol. The van der Waals surface area contributed by atoms with E-state index in [0.29, 0.717) is 47.1 Å². The number of piperidine rings is 1. The number of rotatable bonds is 8. The Labute approximate surface area is 262 Å². The predicted octanol–water partition coefficient (Wildman–Crippen LogP) is 6.24. The van der Waals surface area contributed by atoms with Crippen molar-refractivity contribution in [1.29, 1.82) is 0 Å². The number of amidine groups is 1. The number of hydrogen-bond donors (Lipinski definition) is 4. The summed E-state index contributed by atoms with van der Waals surface area (Å²) < 4.78 is 13.3. The number of nitrogen functional groups attached to an aromatic ring is 1. The Morgan fingerprint density at radius 2 is 1.80 bits per heavy atom. The van der Waals surface area contributed by atoms with E-state index in [4.69, 9.17) is 16.5 Å². The van der Waals surface area contributed by atoms with Crippen LogP contribution in [0, 0.1) is 12.7 Å². The Hall–Kier alpha value is -5.25. The van der Waals surface area contributed by atoms with Crippen LogP contribution >= 0.6 is 0 Å². The molecule has 1 fully saturated rings. The lowest BCUT2D eigenvalue weighted by atomic mass is 9.97. The smallest absolute Gasteiger partial charge is 0.255 e. The molecule has 0 radical (unpaired) electrons. The third-order valence-corrected chi connectivity index (χ3v) is 7.89. The van der Waals surface area contributed by atoms with Crippen LogP contribution in [0.4, 0.5) is 27.3 Å². The van der Waals surface area contributed by atoms with E-state index in [1.165, 1.54) is 29.8 Å². The Kier molecular flexibility index (Phi) is 9.42. The summed E-state index contributed by atoms with van der Waals surface area (Å²) in [6, 6.07) is 20.1. The van der Waals surface area contributed by atoms with Crippen molar-refractivity contribution in [2.75, 3.05) is 29.5 Å². The summed E-state index contributed by atoms with van der Waals surface area (Å²) >= 11 is 0. The number of nitrogens with one attached hydrogen (secondary N) is 2. The number of carbonyl (C=O) groups excluding carboxylic acids is 2. The van der Waals surface area contributed by atoms with Crippen LogP contribution in [-0.2, 0) is 0 Å². The van der Waals surface area contributed by atoms with Crippen LogP contribution < -0.4 is 22.1 Å². The van der Waals surface area contributed by atoms with Gasteiger partial charge in [0.25, 0.3) is 11.8 Å². The van der Waals surface area contributed by atoms with Gasteiger partial charge in [-0.25, -0.2) is 9.37 Å². The fourth-order valence-electron chi connectivity index (χ4n) is 5.63. The maximum atomic E-state index is 13.3. The van der Waals surface area contributed by atoms with E-state index >= 15 is 0 Å². The number of likely N-dealkylation sites (tertiary alicyclic amines) is 1. The van der Waals surface area contributed by atoms with Crippen molar-refractivity contribution >= 4 is 40.5 Å². The minimum atomic E-state index is -0.392. The maximum Gasteiger partial charge on any atom is 0.255 e. The van der Waals surface area contributed by atoms with Gasteiger partial charge in [-0.15, -0.1) is 0 Å². The average Bonchev–Trinajstić information content (AvgIpc) is 3.01. The molecule has 1 atom stereocenters. The lowest BCUT2D eigenvalue weighted by Crippen LogP contribution is -2.42. The molecule has 0 bridgehead atoms. The minimum absolute atomic E-state index is 0.177. The monoisotopic (exact) mass is 607 g/mol. The van der Waals surface area contributed by atoms with Crippen LogP contribution in [0.15, 0.2) is 84.0 Å². The largest absolute Gasteiger partial charge is 0.383 e. The van der Waals surface area contributed by atoms with Crippen LogP contribution in [0.1, 0.15) is 70.0 Å². The number of amides is 2. The second-order valence-electron chi connectivity index (χ2n) is 11.6. The first-order valence-electron chi connectivity index (χ1n) is 15.0. The van der Waals surface area contributed by atoms with Crippen molar-refractivity contribution in [3.05, 3.63) is 113 Å². The van der Waals surface area contributed by atoms with Crippen molar-refractivity contribution in [2.45, 2.75) is 45.6 Å². The highest BCUT2D eigenvalue weighted by atomic mass is 19.1. The Balaban J connectivity index is 1.31. The Morgan fingerprint density at radius 1 is 1.02 bits per heavy atom. The van der Waals surface area contributed by atoms with Gasteiger partial charge in [-0.1, -0.05) is 26.0 Å². The van der Waals surface area contributed by atoms with Crippen LogP contribution in [0.2, 0.25) is 0 Å². The van der Waals surface area contributed by atoms with Gasteiger partial charge in [-0.2, -0.15) is 0 Å². The summed E-state index contributed by atoms with van der Waals surface area (Å²) in [6.07, 6.45) is 3.06. The van der Waals surface area contributed by atoms with Gasteiger partial charge in [0, 0.05) is 41.8 Å². The number of hydrogen-bond acceptors (Lipinski definition) is 6. The van der Waals surface area contributed by atoms with E-state index in [9.17, 15) is 14.0 Å². The lowest BCUT2D eigenvalue weighted by molar-refractivity contribution is 0.0709. The minimum Gasteiger partial charge on any atom is -0.383 e. The third kappa shape index (κ3) is 7.46. The molecule has 5 rings (SSSR count). The second-order valence-corrected chi connectivity index (χ2v) is 11.6. The van der Waals surface area contributed by atoms with Crippen molar-refractivity contribution in [3.8, 4) is 0 Å². The van der Waals surface area contributed by atoms with Gasteiger partial charge >= 0.3 is 0 Å². The molecule has 1 aromatic heterocycles. The summed E-state index contributed by atoms with van der Waals surface area (Å²) in [5.74, 6) is -0.00981. The van der Waals surface area contributed by atoms with Crippen molar-refractivity contribution in [1.82, 2.24) is 9.88 Å². The zero-order valence-electron chi connectivity index (χ0n) is 25.7. The zero-order valence-corrected chi connectivity index (χ0v) is 25.7. The topological polar surface area (TPSA) is 139 Å². The molecule has 0 saturated carbocycles. The quantitative estimate of drug-likeness (QED) is 0.138. The van der Waals surface area contributed by atoms with E-state index in [2.05, 4.69) is 29.5 Å². The van der Waals surface area contributed by atoms with E-state index in [0.717, 1.165) is 24.1 Å². The van der Waals surface area contributed by atoms with E-state index in [-0.39, 0.29) is 29.5 Å². The summed E-state index contributed by atoms with van der Waals surface area (Å²) in [5, 5.41) is 6.30. The number of aliphatic imine (C=N–C) groups is 1. The molecule has 0 aliphatic carbocycles. The first-order chi connectivity index (χ1) is 21.6. The standard InChI is InChI=1S/C35H38FN7O2/c1-21(2)29-14-13-27(18-22(29)3)42-34(44)24-6-4-7-26(19-24)40-30-15-16-39-32(37)31(30)33(38)41-28-8-5-17-43(20-28)35(45)23-9-11-25(36)12-10-23/h4,6-7,9-16,18-19,21,28H,5,8,17,20H2,1-3H3,(H2,38,41)(H,42,44)(H3,37,39,40). The first kappa shape index (κ1) is 31.2. The van der Waals surface area contributed by atoms with Crippen LogP contribution in [-0.4, -0.2) is 46.7 Å². The van der Waals surface area contributed by atoms with E-state index in [1.54, 1.807) is 35.4 Å². The molecule has 1 saturated heterocycles. The molecule has 10 heteroatoms. The summed E-state index contributed by atoms with van der Waals surface area (Å²) in [5.41, 5.74) is 18.5. The molecule has 0 spiro atoms.